The summed E-state index contributed by atoms with van der Waals surface area (Å²) in [5.41, 5.74) is -1.20. The lowest BCUT2D eigenvalue weighted by molar-refractivity contribution is -0.123. The molecule has 0 aromatic rings. The van der Waals surface area contributed by atoms with E-state index in [1.807, 2.05) is 13.8 Å². The van der Waals surface area contributed by atoms with E-state index in [-0.39, 0.29) is 17.7 Å². The Morgan fingerprint density at radius 1 is 1.67 bits per heavy atom. The summed E-state index contributed by atoms with van der Waals surface area (Å²) in [5.74, 6) is 0.118. The highest BCUT2D eigenvalue weighted by Gasteiger charge is 2.38. The van der Waals surface area contributed by atoms with Gasteiger partial charge >= 0.3 is 0 Å². The van der Waals surface area contributed by atoms with Crippen LogP contribution in [0.2, 0.25) is 0 Å². The third kappa shape index (κ3) is 2.03. The molecule has 1 heterocycles. The molecular weight excluding hydrogens is 157 g/mol. The van der Waals surface area contributed by atoms with Gasteiger partial charge in [-0.15, -0.1) is 0 Å². The minimum atomic E-state index is -1.20. The summed E-state index contributed by atoms with van der Waals surface area (Å²) >= 11 is 0. The number of carbonyl (C=O) groups excluding carboxylic acids is 1. The van der Waals surface area contributed by atoms with Crippen LogP contribution >= 0.6 is 0 Å². The molecule has 0 saturated carbocycles. The molecule has 0 aromatic carbocycles. The molecule has 3 heteroatoms. The quantitative estimate of drug-likeness (QED) is 0.682. The number of carbonyl (C=O) groups is 1. The van der Waals surface area contributed by atoms with Crippen molar-refractivity contribution in [1.82, 2.24) is 5.32 Å². The monoisotopic (exact) mass is 173 g/mol. The van der Waals surface area contributed by atoms with Crippen molar-refractivity contribution in [2.45, 2.75) is 38.9 Å². The average Bonchev–Trinajstić information content (AvgIpc) is 2.28. The Morgan fingerprint density at radius 3 is 2.58 bits per heavy atom. The molecule has 0 amide bonds. The van der Waals surface area contributed by atoms with Crippen molar-refractivity contribution in [2.75, 3.05) is 6.54 Å². The molecule has 1 aliphatic heterocycles. The number of rotatable bonds is 2. The maximum Gasteiger partial charge on any atom is 0.152 e. The number of nitrogens with one attached hydrogen (secondary N) is 1. The Labute approximate surface area is 72.5 Å². The maximum absolute atomic E-state index is 13.3. The molecule has 12 heavy (non-hydrogen) atoms. The molecule has 1 aliphatic rings. The standard InChI is InChI=1S/C9H16FNO/c1-6(2)8(12)7-4-9(3,10)5-11-7/h6-7,11H,4-5H2,1-3H3/t7-,9?/m0/s1. The molecule has 0 aliphatic carbocycles. The lowest BCUT2D eigenvalue weighted by Gasteiger charge is -2.12. The zero-order valence-electron chi connectivity index (χ0n) is 7.86. The topological polar surface area (TPSA) is 29.1 Å². The molecular formula is C9H16FNO. The largest absolute Gasteiger partial charge is 0.304 e. The summed E-state index contributed by atoms with van der Waals surface area (Å²) in [6, 6.07) is -0.264. The van der Waals surface area contributed by atoms with Gasteiger partial charge in [0.05, 0.1) is 6.04 Å². The summed E-state index contributed by atoms with van der Waals surface area (Å²) in [7, 11) is 0. The van der Waals surface area contributed by atoms with E-state index in [4.69, 9.17) is 0 Å². The second-order valence-electron chi connectivity index (χ2n) is 4.11. The zero-order chi connectivity index (χ0) is 9.35. The van der Waals surface area contributed by atoms with Crippen LogP contribution < -0.4 is 5.32 Å². The van der Waals surface area contributed by atoms with E-state index >= 15 is 0 Å². The highest BCUT2D eigenvalue weighted by Crippen LogP contribution is 2.24. The molecule has 1 fully saturated rings. The summed E-state index contributed by atoms with van der Waals surface area (Å²) in [6.45, 7) is 5.53. The molecule has 70 valence electrons. The Kier molecular flexibility index (Phi) is 2.52. The minimum absolute atomic E-state index is 0.00333. The van der Waals surface area contributed by atoms with Gasteiger partial charge in [-0.2, -0.15) is 0 Å². The van der Waals surface area contributed by atoms with Crippen LogP contribution in [0.5, 0.6) is 0 Å². The Morgan fingerprint density at radius 2 is 2.25 bits per heavy atom. The van der Waals surface area contributed by atoms with Gasteiger partial charge in [-0.05, 0) is 6.92 Å². The normalized spacial score (nSPS) is 35.9. The molecule has 1 rings (SSSR count). The predicted octanol–water partition coefficient (Wildman–Crippen LogP) is 1.30. The van der Waals surface area contributed by atoms with E-state index in [0.717, 1.165) is 0 Å². The second-order valence-corrected chi connectivity index (χ2v) is 4.11. The van der Waals surface area contributed by atoms with Crippen molar-refractivity contribution in [3.63, 3.8) is 0 Å². The number of Topliss-reactive ketones (excluding diaryl/α,β-unsaturated/α-hetero) is 1. The van der Waals surface area contributed by atoms with Gasteiger partial charge in [0.15, 0.2) is 5.78 Å². The van der Waals surface area contributed by atoms with Gasteiger partial charge < -0.3 is 5.32 Å². The fourth-order valence-electron chi connectivity index (χ4n) is 1.51. The molecule has 1 saturated heterocycles. The Bertz CT molecular complexity index is 189. The molecule has 0 bridgehead atoms. The van der Waals surface area contributed by atoms with Gasteiger partial charge in [0.2, 0.25) is 0 Å². The van der Waals surface area contributed by atoms with E-state index in [1.165, 1.54) is 6.92 Å². The van der Waals surface area contributed by atoms with Gasteiger partial charge in [0, 0.05) is 18.9 Å². The first-order chi connectivity index (χ1) is 5.42. The van der Waals surface area contributed by atoms with Crippen molar-refractivity contribution in [3.8, 4) is 0 Å². The van der Waals surface area contributed by atoms with Crippen molar-refractivity contribution in [3.05, 3.63) is 0 Å². The Hall–Kier alpha value is -0.440. The number of ketones is 1. The molecule has 0 spiro atoms. The first kappa shape index (κ1) is 9.65. The highest BCUT2D eigenvalue weighted by atomic mass is 19.1. The third-order valence-corrected chi connectivity index (χ3v) is 2.26. The molecule has 2 nitrogen and oxygen atoms in total. The van der Waals surface area contributed by atoms with Gasteiger partial charge in [-0.3, -0.25) is 4.79 Å². The van der Waals surface area contributed by atoms with E-state index < -0.39 is 5.67 Å². The summed E-state index contributed by atoms with van der Waals surface area (Å²) in [6.07, 6.45) is 0.323. The smallest absolute Gasteiger partial charge is 0.152 e. The first-order valence-corrected chi connectivity index (χ1v) is 4.38. The number of halogens is 1. The van der Waals surface area contributed by atoms with Crippen LogP contribution in [0, 0.1) is 5.92 Å². The molecule has 0 radical (unpaired) electrons. The highest BCUT2D eigenvalue weighted by molar-refractivity contribution is 5.86. The summed E-state index contributed by atoms with van der Waals surface area (Å²) < 4.78 is 13.3. The van der Waals surface area contributed by atoms with E-state index in [1.54, 1.807) is 0 Å². The third-order valence-electron chi connectivity index (χ3n) is 2.26. The van der Waals surface area contributed by atoms with E-state index in [0.29, 0.717) is 13.0 Å². The lowest BCUT2D eigenvalue weighted by Crippen LogP contribution is -2.33. The number of hydrogen-bond donors (Lipinski definition) is 1. The molecule has 1 unspecified atom stereocenters. The summed E-state index contributed by atoms with van der Waals surface area (Å²) in [5, 5.41) is 2.90. The van der Waals surface area contributed by atoms with Gasteiger partial charge in [0.1, 0.15) is 5.67 Å². The molecule has 2 atom stereocenters. The van der Waals surface area contributed by atoms with Gasteiger partial charge in [-0.1, -0.05) is 13.8 Å². The summed E-state index contributed by atoms with van der Waals surface area (Å²) in [4.78, 5) is 11.4. The fraction of sp³-hybridized carbons (Fsp3) is 0.889. The minimum Gasteiger partial charge on any atom is -0.304 e. The predicted molar refractivity (Wildman–Crippen MR) is 45.8 cm³/mol. The van der Waals surface area contributed by atoms with Crippen LogP contribution in [0.1, 0.15) is 27.2 Å². The zero-order valence-corrected chi connectivity index (χ0v) is 7.86. The number of hydrogen-bond acceptors (Lipinski definition) is 2. The van der Waals surface area contributed by atoms with Crippen LogP contribution in [0.15, 0.2) is 0 Å². The first-order valence-electron chi connectivity index (χ1n) is 4.38. The SMILES string of the molecule is CC(C)C(=O)[C@@H]1CC(C)(F)CN1. The van der Waals surface area contributed by atoms with Crippen molar-refractivity contribution >= 4 is 5.78 Å². The van der Waals surface area contributed by atoms with Crippen LogP contribution in [0.3, 0.4) is 0 Å². The average molecular weight is 173 g/mol. The maximum atomic E-state index is 13.3. The van der Waals surface area contributed by atoms with Crippen molar-refractivity contribution in [1.29, 1.82) is 0 Å². The van der Waals surface area contributed by atoms with Crippen LogP contribution in [0.4, 0.5) is 4.39 Å². The lowest BCUT2D eigenvalue weighted by atomic mass is 9.97. The van der Waals surface area contributed by atoms with Gasteiger partial charge in [0.25, 0.3) is 0 Å². The van der Waals surface area contributed by atoms with Crippen LogP contribution in [-0.2, 0) is 4.79 Å². The fourth-order valence-corrected chi connectivity index (χ4v) is 1.51. The number of alkyl halides is 1. The Balaban J connectivity index is 2.53. The van der Waals surface area contributed by atoms with Crippen molar-refractivity contribution in [2.24, 2.45) is 5.92 Å². The van der Waals surface area contributed by atoms with Crippen LogP contribution in [-0.4, -0.2) is 24.0 Å². The van der Waals surface area contributed by atoms with E-state index in [9.17, 15) is 9.18 Å². The second kappa shape index (κ2) is 3.13. The van der Waals surface area contributed by atoms with Gasteiger partial charge in [-0.25, -0.2) is 4.39 Å². The molecule has 0 aromatic heterocycles. The van der Waals surface area contributed by atoms with Crippen LogP contribution in [0.25, 0.3) is 0 Å². The molecule has 1 N–H and O–H groups in total. The van der Waals surface area contributed by atoms with Crippen molar-refractivity contribution < 1.29 is 9.18 Å². The van der Waals surface area contributed by atoms with E-state index in [2.05, 4.69) is 5.32 Å².